The van der Waals surface area contributed by atoms with Gasteiger partial charge in [-0.1, -0.05) is 85.3 Å². The molecule has 1 fully saturated rings. The Bertz CT molecular complexity index is 1660. The van der Waals surface area contributed by atoms with Gasteiger partial charge in [0, 0.05) is 19.1 Å². The van der Waals surface area contributed by atoms with Crippen molar-refractivity contribution in [3.63, 3.8) is 0 Å². The molecule has 0 saturated carbocycles. The van der Waals surface area contributed by atoms with Crippen LogP contribution in [0, 0.1) is 0 Å². The average Bonchev–Trinajstić information content (AvgIpc) is 3.37. The number of nitrogens with zero attached hydrogens (tertiary/aromatic N) is 1. The van der Waals surface area contributed by atoms with Gasteiger partial charge in [-0.3, -0.25) is 9.59 Å². The first-order valence-corrected chi connectivity index (χ1v) is 16.1. The third kappa shape index (κ3) is 7.20. The number of alkyl halides is 3. The maximum atomic E-state index is 13.7. The number of carbonyl (C=O) groups is 2. The second-order valence-corrected chi connectivity index (χ2v) is 12.3. The van der Waals surface area contributed by atoms with Crippen molar-refractivity contribution in [1.82, 2.24) is 15.5 Å². The summed E-state index contributed by atoms with van der Waals surface area (Å²) in [5.74, 6) is 0.391. The first-order chi connectivity index (χ1) is 22.7. The molecule has 1 aliphatic carbocycles. The highest BCUT2D eigenvalue weighted by Gasteiger charge is 2.49. The van der Waals surface area contributed by atoms with E-state index in [1.165, 1.54) is 0 Å². The molecule has 0 atom stereocenters. The Kier molecular flexibility index (Phi) is 9.63. The van der Waals surface area contributed by atoms with Crippen molar-refractivity contribution in [2.24, 2.45) is 0 Å². The topological polar surface area (TPSA) is 70.7 Å². The molecule has 47 heavy (non-hydrogen) atoms. The number of amides is 2. The largest absolute Gasteiger partial charge is 0.457 e. The highest BCUT2D eigenvalue weighted by Crippen LogP contribution is 2.51. The number of hydrogen-bond donors (Lipinski definition) is 2. The van der Waals surface area contributed by atoms with Crippen molar-refractivity contribution in [3.05, 3.63) is 120 Å². The maximum absolute atomic E-state index is 13.7. The number of unbranched alkanes of at least 4 members (excludes halogenated alkanes) is 1. The molecule has 0 unspecified atom stereocenters. The lowest BCUT2D eigenvalue weighted by Gasteiger charge is -2.33. The molecule has 0 radical (unpaired) electrons. The molecule has 4 aromatic carbocycles. The summed E-state index contributed by atoms with van der Waals surface area (Å²) in [6, 6.07) is 31.7. The molecule has 2 aliphatic rings. The lowest BCUT2D eigenvalue weighted by molar-refractivity contribution is -0.141. The van der Waals surface area contributed by atoms with Gasteiger partial charge in [0.2, 0.25) is 5.91 Å². The molecule has 0 bridgehead atoms. The predicted octanol–water partition coefficient (Wildman–Crippen LogP) is 7.49. The van der Waals surface area contributed by atoms with Crippen LogP contribution in [0.1, 0.15) is 53.6 Å². The Morgan fingerprint density at radius 2 is 1.38 bits per heavy atom. The van der Waals surface area contributed by atoms with Crippen LogP contribution in [0.4, 0.5) is 13.2 Å². The van der Waals surface area contributed by atoms with Gasteiger partial charge in [0.25, 0.3) is 5.91 Å². The number of likely N-dealkylation sites (tertiary alicyclic amines) is 1. The van der Waals surface area contributed by atoms with E-state index in [-0.39, 0.29) is 11.9 Å². The van der Waals surface area contributed by atoms with E-state index in [0.717, 1.165) is 61.2 Å². The van der Waals surface area contributed by atoms with Gasteiger partial charge in [-0.2, -0.15) is 13.2 Å². The summed E-state index contributed by atoms with van der Waals surface area (Å²) in [6.45, 7) is 1.07. The number of carbonyl (C=O) groups excluding carboxylic acids is 2. The van der Waals surface area contributed by atoms with Crippen LogP contribution in [0.15, 0.2) is 103 Å². The molecule has 6 nitrogen and oxygen atoms in total. The number of fused-ring (bicyclic) bond motifs is 3. The number of halogens is 3. The fourth-order valence-electron chi connectivity index (χ4n) is 6.93. The summed E-state index contributed by atoms with van der Waals surface area (Å²) < 4.78 is 45.5. The van der Waals surface area contributed by atoms with E-state index in [4.69, 9.17) is 4.74 Å². The average molecular weight is 642 g/mol. The number of benzene rings is 4. The normalized spacial score (nSPS) is 15.8. The van der Waals surface area contributed by atoms with Crippen LogP contribution < -0.4 is 15.4 Å². The van der Waals surface area contributed by atoms with Crippen LogP contribution in [0.25, 0.3) is 11.1 Å². The fraction of sp³-hybridized carbons (Fsp3) is 0.316. The smallest absolute Gasteiger partial charge is 0.405 e. The summed E-state index contributed by atoms with van der Waals surface area (Å²) in [6.07, 6.45) is -1.03. The highest BCUT2D eigenvalue weighted by molar-refractivity contribution is 6.00. The lowest BCUT2D eigenvalue weighted by Crippen LogP contribution is -2.47. The zero-order valence-corrected chi connectivity index (χ0v) is 26.1. The lowest BCUT2D eigenvalue weighted by atomic mass is 9.73. The number of para-hydroxylation sites is 2. The zero-order chi connectivity index (χ0) is 32.9. The van der Waals surface area contributed by atoms with Crippen molar-refractivity contribution < 1.29 is 27.5 Å². The Morgan fingerprint density at radius 3 is 2.04 bits per heavy atom. The molecule has 4 aromatic rings. The maximum Gasteiger partial charge on any atom is 0.405 e. The van der Waals surface area contributed by atoms with Gasteiger partial charge >= 0.3 is 6.18 Å². The van der Waals surface area contributed by atoms with Crippen molar-refractivity contribution in [3.8, 4) is 22.6 Å². The molecule has 244 valence electrons. The van der Waals surface area contributed by atoms with Crippen LogP contribution >= 0.6 is 0 Å². The first kappa shape index (κ1) is 32.3. The van der Waals surface area contributed by atoms with Gasteiger partial charge in [0.1, 0.15) is 23.5 Å². The second-order valence-electron chi connectivity index (χ2n) is 12.3. The van der Waals surface area contributed by atoms with Crippen LogP contribution in [0.2, 0.25) is 0 Å². The van der Waals surface area contributed by atoms with E-state index in [1.54, 1.807) is 12.1 Å². The Balaban J connectivity index is 1.05. The van der Waals surface area contributed by atoms with E-state index in [0.29, 0.717) is 29.9 Å². The Morgan fingerprint density at radius 1 is 0.787 bits per heavy atom. The minimum Gasteiger partial charge on any atom is -0.457 e. The van der Waals surface area contributed by atoms with Gasteiger partial charge in [0.05, 0.1) is 5.56 Å². The van der Waals surface area contributed by atoms with Gasteiger partial charge in [0.15, 0.2) is 0 Å². The van der Waals surface area contributed by atoms with Crippen LogP contribution in [0.3, 0.4) is 0 Å². The summed E-state index contributed by atoms with van der Waals surface area (Å²) in [5.41, 5.74) is 2.60. The van der Waals surface area contributed by atoms with E-state index in [9.17, 15) is 22.8 Å². The van der Waals surface area contributed by atoms with Gasteiger partial charge < -0.3 is 20.3 Å². The first-order valence-electron chi connectivity index (χ1n) is 16.1. The molecular formula is C38H38F3N3O3. The monoisotopic (exact) mass is 641 g/mol. The zero-order valence-electron chi connectivity index (χ0n) is 26.1. The second kappa shape index (κ2) is 14.0. The van der Waals surface area contributed by atoms with Crippen LogP contribution in [-0.2, 0) is 10.2 Å². The van der Waals surface area contributed by atoms with E-state index in [2.05, 4.69) is 15.5 Å². The van der Waals surface area contributed by atoms with Crippen molar-refractivity contribution in [2.75, 3.05) is 26.2 Å². The van der Waals surface area contributed by atoms with Crippen molar-refractivity contribution in [2.45, 2.75) is 49.7 Å². The number of rotatable bonds is 11. The standard InChI is InChI=1S/C38H38F3N3O3/c39-38(40,41)26-42-36(46)37(32-17-7-4-14-29(32)30-15-5-8-18-33(30)37)22-10-11-23-44-24-20-27(21-25-44)43-35(45)31-16-6-9-19-34(31)47-28-12-2-1-3-13-28/h1-9,12-19,27H,10-11,20-26H2,(H,42,46)(H,43,45). The van der Waals surface area contributed by atoms with Crippen molar-refractivity contribution in [1.29, 1.82) is 0 Å². The molecule has 6 rings (SSSR count). The third-order valence-corrected chi connectivity index (χ3v) is 9.20. The molecule has 1 aliphatic heterocycles. The van der Waals surface area contributed by atoms with Crippen LogP contribution in [-0.4, -0.2) is 55.1 Å². The van der Waals surface area contributed by atoms with Gasteiger partial charge in [-0.05, 0) is 78.7 Å². The molecule has 1 saturated heterocycles. The number of hydrogen-bond acceptors (Lipinski definition) is 4. The summed E-state index contributed by atoms with van der Waals surface area (Å²) in [7, 11) is 0. The van der Waals surface area contributed by atoms with E-state index < -0.39 is 24.0 Å². The van der Waals surface area contributed by atoms with Gasteiger partial charge in [-0.15, -0.1) is 0 Å². The third-order valence-electron chi connectivity index (χ3n) is 9.20. The molecule has 1 heterocycles. The molecular weight excluding hydrogens is 603 g/mol. The highest BCUT2D eigenvalue weighted by atomic mass is 19.4. The molecule has 9 heteroatoms. The number of nitrogens with one attached hydrogen (secondary N) is 2. The van der Waals surface area contributed by atoms with E-state index >= 15 is 0 Å². The predicted molar refractivity (Wildman–Crippen MR) is 175 cm³/mol. The number of ether oxygens (including phenoxy) is 1. The van der Waals surface area contributed by atoms with Gasteiger partial charge in [-0.25, -0.2) is 0 Å². The molecule has 2 amide bonds. The van der Waals surface area contributed by atoms with E-state index in [1.807, 2.05) is 91.0 Å². The van der Waals surface area contributed by atoms with Crippen LogP contribution in [0.5, 0.6) is 11.5 Å². The Labute approximate surface area is 272 Å². The number of piperidine rings is 1. The molecule has 2 N–H and O–H groups in total. The summed E-state index contributed by atoms with van der Waals surface area (Å²) in [4.78, 5) is 29.3. The summed E-state index contributed by atoms with van der Waals surface area (Å²) in [5, 5.41) is 5.38. The summed E-state index contributed by atoms with van der Waals surface area (Å²) >= 11 is 0. The molecule has 0 aromatic heterocycles. The SMILES string of the molecule is O=C(NC1CCN(CCCCC2(C(=O)NCC(F)(F)F)c3ccccc3-c3ccccc32)CC1)c1ccccc1Oc1ccccc1. The quantitative estimate of drug-likeness (QED) is 0.167. The fourth-order valence-corrected chi connectivity index (χ4v) is 6.93. The minimum atomic E-state index is -4.50. The van der Waals surface area contributed by atoms with Crippen molar-refractivity contribution >= 4 is 11.8 Å². The minimum absolute atomic E-state index is 0.0376. The Hall–Kier alpha value is -4.63. The molecule has 0 spiro atoms.